The van der Waals surface area contributed by atoms with Gasteiger partial charge in [0.2, 0.25) is 0 Å². The van der Waals surface area contributed by atoms with E-state index < -0.39 is 23.1 Å². The van der Waals surface area contributed by atoms with E-state index in [0.29, 0.717) is 12.8 Å². The normalized spacial score (nSPS) is 16.5. The molecule has 2 N–H and O–H groups in total. The van der Waals surface area contributed by atoms with Gasteiger partial charge in [0, 0.05) is 6.54 Å². The molecule has 0 bridgehead atoms. The molecule has 1 aliphatic rings. The van der Waals surface area contributed by atoms with Gasteiger partial charge in [-0.05, 0) is 25.0 Å². The summed E-state index contributed by atoms with van der Waals surface area (Å²) in [5, 5.41) is 11.6. The Morgan fingerprint density at radius 3 is 2.58 bits per heavy atom. The number of rotatable bonds is 4. The monoisotopic (exact) mass is 285 g/mol. The number of nitrogens with one attached hydrogen (secondary N) is 1. The van der Waals surface area contributed by atoms with Crippen LogP contribution in [0.1, 0.15) is 29.6 Å². The standard InChI is InChI=1S/C13H13ClFNO3/c14-8-3-1-4-9(15)10(8)11(17)16-7-13(12(18)19)5-2-6-13/h1,3-4H,2,5-7H2,(H,16,17)(H,18,19). The molecule has 102 valence electrons. The van der Waals surface area contributed by atoms with Crippen LogP contribution in [-0.2, 0) is 4.79 Å². The molecule has 1 amide bonds. The molecule has 1 fully saturated rings. The second kappa shape index (κ2) is 5.17. The molecule has 0 aromatic heterocycles. The summed E-state index contributed by atoms with van der Waals surface area (Å²) >= 11 is 5.77. The molecule has 4 nitrogen and oxygen atoms in total. The number of amides is 1. The van der Waals surface area contributed by atoms with Crippen molar-refractivity contribution in [1.29, 1.82) is 0 Å². The maximum atomic E-state index is 13.5. The van der Waals surface area contributed by atoms with Crippen LogP contribution in [0.25, 0.3) is 0 Å². The first-order chi connectivity index (χ1) is 8.96. The zero-order chi connectivity index (χ0) is 14.0. The van der Waals surface area contributed by atoms with Crippen molar-refractivity contribution in [3.63, 3.8) is 0 Å². The largest absolute Gasteiger partial charge is 0.481 e. The molecule has 19 heavy (non-hydrogen) atoms. The van der Waals surface area contributed by atoms with Crippen molar-refractivity contribution >= 4 is 23.5 Å². The van der Waals surface area contributed by atoms with Crippen LogP contribution in [0.3, 0.4) is 0 Å². The number of carboxylic acids is 1. The summed E-state index contributed by atoms with van der Waals surface area (Å²) in [5.41, 5.74) is -1.16. The van der Waals surface area contributed by atoms with E-state index >= 15 is 0 Å². The fourth-order valence-corrected chi connectivity index (χ4v) is 2.37. The molecule has 0 spiro atoms. The molecule has 1 aromatic carbocycles. The number of carbonyl (C=O) groups is 2. The Morgan fingerprint density at radius 2 is 2.11 bits per heavy atom. The topological polar surface area (TPSA) is 66.4 Å². The molecule has 0 heterocycles. The van der Waals surface area contributed by atoms with Crippen molar-refractivity contribution in [2.45, 2.75) is 19.3 Å². The molecule has 0 saturated heterocycles. The molecular weight excluding hydrogens is 273 g/mol. The summed E-state index contributed by atoms with van der Waals surface area (Å²) in [7, 11) is 0. The summed E-state index contributed by atoms with van der Waals surface area (Å²) in [6.45, 7) is -0.00811. The lowest BCUT2D eigenvalue weighted by atomic mass is 9.69. The second-order valence-electron chi connectivity index (χ2n) is 4.72. The fourth-order valence-electron chi connectivity index (χ4n) is 2.12. The summed E-state index contributed by atoms with van der Waals surface area (Å²) in [6, 6.07) is 3.95. The Labute approximate surface area is 114 Å². The van der Waals surface area contributed by atoms with Crippen molar-refractivity contribution < 1.29 is 19.1 Å². The van der Waals surface area contributed by atoms with Gasteiger partial charge in [0.15, 0.2) is 0 Å². The van der Waals surface area contributed by atoms with Gasteiger partial charge in [-0.1, -0.05) is 24.1 Å². The Kier molecular flexibility index (Phi) is 3.75. The zero-order valence-corrected chi connectivity index (χ0v) is 10.8. The van der Waals surface area contributed by atoms with Crippen molar-refractivity contribution in [3.05, 3.63) is 34.6 Å². The Morgan fingerprint density at radius 1 is 1.42 bits per heavy atom. The predicted molar refractivity (Wildman–Crippen MR) is 67.7 cm³/mol. The van der Waals surface area contributed by atoms with E-state index in [-0.39, 0.29) is 17.1 Å². The van der Waals surface area contributed by atoms with Gasteiger partial charge in [-0.15, -0.1) is 0 Å². The number of benzene rings is 1. The van der Waals surface area contributed by atoms with Gasteiger partial charge in [-0.2, -0.15) is 0 Å². The molecular formula is C13H13ClFNO3. The quantitative estimate of drug-likeness (QED) is 0.893. The summed E-state index contributed by atoms with van der Waals surface area (Å²) < 4.78 is 13.5. The molecule has 0 unspecified atom stereocenters. The summed E-state index contributed by atoms with van der Waals surface area (Å²) in [6.07, 6.45) is 1.86. The number of carboxylic acid groups (broad SMARTS) is 1. The van der Waals surface area contributed by atoms with E-state index in [0.717, 1.165) is 12.5 Å². The molecule has 0 atom stereocenters. The molecule has 1 saturated carbocycles. The van der Waals surface area contributed by atoms with E-state index in [4.69, 9.17) is 16.7 Å². The van der Waals surface area contributed by atoms with Crippen molar-refractivity contribution in [1.82, 2.24) is 5.32 Å². The van der Waals surface area contributed by atoms with Gasteiger partial charge >= 0.3 is 5.97 Å². The SMILES string of the molecule is O=C(NCC1(C(=O)O)CCC1)c1c(F)cccc1Cl. The highest BCUT2D eigenvalue weighted by Gasteiger charge is 2.44. The zero-order valence-electron chi connectivity index (χ0n) is 10.1. The van der Waals surface area contributed by atoms with Crippen LogP contribution < -0.4 is 5.32 Å². The van der Waals surface area contributed by atoms with Crippen LogP contribution in [0.2, 0.25) is 5.02 Å². The Bertz CT molecular complexity index is 508. The lowest BCUT2D eigenvalue weighted by molar-refractivity contribution is -0.153. The van der Waals surface area contributed by atoms with Gasteiger partial charge < -0.3 is 10.4 Å². The van der Waals surface area contributed by atoms with Gasteiger partial charge in [0.1, 0.15) is 5.82 Å². The Hall–Kier alpha value is -1.62. The minimum absolute atomic E-state index is 0.00811. The minimum Gasteiger partial charge on any atom is -0.481 e. The van der Waals surface area contributed by atoms with Crippen LogP contribution >= 0.6 is 11.6 Å². The third kappa shape index (κ3) is 2.56. The molecule has 1 aliphatic carbocycles. The van der Waals surface area contributed by atoms with Gasteiger partial charge in [-0.25, -0.2) is 4.39 Å². The number of hydrogen-bond acceptors (Lipinski definition) is 2. The van der Waals surface area contributed by atoms with Crippen LogP contribution in [0.15, 0.2) is 18.2 Å². The first kappa shape index (κ1) is 13.8. The average Bonchev–Trinajstić information content (AvgIpc) is 2.26. The molecule has 1 aromatic rings. The number of aliphatic carboxylic acids is 1. The lowest BCUT2D eigenvalue weighted by Gasteiger charge is -2.37. The second-order valence-corrected chi connectivity index (χ2v) is 5.13. The van der Waals surface area contributed by atoms with Crippen LogP contribution in [0.4, 0.5) is 4.39 Å². The highest BCUT2D eigenvalue weighted by molar-refractivity contribution is 6.33. The first-order valence-corrected chi connectivity index (χ1v) is 6.30. The molecule has 0 aliphatic heterocycles. The maximum Gasteiger partial charge on any atom is 0.311 e. The minimum atomic E-state index is -0.932. The molecule has 0 radical (unpaired) electrons. The van der Waals surface area contributed by atoms with E-state index in [1.807, 2.05) is 0 Å². The van der Waals surface area contributed by atoms with Crippen molar-refractivity contribution in [3.8, 4) is 0 Å². The third-order valence-corrected chi connectivity index (χ3v) is 3.86. The van der Waals surface area contributed by atoms with Crippen molar-refractivity contribution in [2.75, 3.05) is 6.54 Å². The van der Waals surface area contributed by atoms with Crippen LogP contribution in [0.5, 0.6) is 0 Å². The van der Waals surface area contributed by atoms with Crippen molar-refractivity contribution in [2.24, 2.45) is 5.41 Å². The van der Waals surface area contributed by atoms with Gasteiger partial charge in [0.25, 0.3) is 5.91 Å². The third-order valence-electron chi connectivity index (χ3n) is 3.54. The number of carbonyl (C=O) groups excluding carboxylic acids is 1. The van der Waals surface area contributed by atoms with Gasteiger partial charge in [0.05, 0.1) is 16.0 Å². The van der Waals surface area contributed by atoms with Crippen LogP contribution in [-0.4, -0.2) is 23.5 Å². The summed E-state index contributed by atoms with van der Waals surface area (Å²) in [4.78, 5) is 23.0. The Balaban J connectivity index is 2.08. The average molecular weight is 286 g/mol. The van der Waals surface area contributed by atoms with E-state index in [2.05, 4.69) is 5.32 Å². The van der Waals surface area contributed by atoms with E-state index in [9.17, 15) is 14.0 Å². The van der Waals surface area contributed by atoms with Crippen LogP contribution in [0, 0.1) is 11.2 Å². The van der Waals surface area contributed by atoms with E-state index in [1.54, 1.807) is 0 Å². The molecule has 6 heteroatoms. The summed E-state index contributed by atoms with van der Waals surface area (Å²) in [5.74, 6) is -2.34. The number of hydrogen-bond donors (Lipinski definition) is 2. The first-order valence-electron chi connectivity index (χ1n) is 5.92. The number of halogens is 2. The smallest absolute Gasteiger partial charge is 0.311 e. The maximum absolute atomic E-state index is 13.5. The highest BCUT2D eigenvalue weighted by atomic mass is 35.5. The fraction of sp³-hybridized carbons (Fsp3) is 0.385. The van der Waals surface area contributed by atoms with Gasteiger partial charge in [-0.3, -0.25) is 9.59 Å². The highest BCUT2D eigenvalue weighted by Crippen LogP contribution is 2.40. The molecule has 2 rings (SSSR count). The van der Waals surface area contributed by atoms with E-state index in [1.165, 1.54) is 12.1 Å². The predicted octanol–water partition coefficient (Wildman–Crippen LogP) is 2.46. The lowest BCUT2D eigenvalue weighted by Crippen LogP contribution is -2.47.